The number of benzene rings is 2. The molecule has 1 atom stereocenters. The van der Waals surface area contributed by atoms with Crippen molar-refractivity contribution < 1.29 is 19.0 Å². The van der Waals surface area contributed by atoms with Crippen molar-refractivity contribution in [2.45, 2.75) is 25.3 Å². The van der Waals surface area contributed by atoms with Gasteiger partial charge in [-0.3, -0.25) is 9.69 Å². The fourth-order valence-electron chi connectivity index (χ4n) is 5.11. The molecule has 8 heteroatoms. The van der Waals surface area contributed by atoms with Crippen LogP contribution in [0.25, 0.3) is 0 Å². The zero-order chi connectivity index (χ0) is 25.1. The molecule has 188 valence electrons. The Morgan fingerprint density at radius 1 is 0.917 bits per heavy atom. The Labute approximate surface area is 211 Å². The summed E-state index contributed by atoms with van der Waals surface area (Å²) in [5.74, 6) is 2.45. The Bertz CT molecular complexity index is 1200. The van der Waals surface area contributed by atoms with Gasteiger partial charge in [-0.1, -0.05) is 30.3 Å². The zero-order valence-corrected chi connectivity index (χ0v) is 21.1. The average molecular weight is 489 g/mol. The summed E-state index contributed by atoms with van der Waals surface area (Å²) in [5, 5.41) is 0. The van der Waals surface area contributed by atoms with Crippen LogP contribution in [0.15, 0.2) is 48.7 Å². The summed E-state index contributed by atoms with van der Waals surface area (Å²) in [5.41, 5.74) is 3.73. The summed E-state index contributed by atoms with van der Waals surface area (Å²) in [6.07, 6.45) is 2.76. The molecule has 36 heavy (non-hydrogen) atoms. The number of ether oxygens (including phenoxy) is 3. The van der Waals surface area contributed by atoms with E-state index < -0.39 is 0 Å². The van der Waals surface area contributed by atoms with Gasteiger partial charge in [0.25, 0.3) is 0 Å². The molecule has 1 saturated heterocycles. The van der Waals surface area contributed by atoms with Crippen LogP contribution < -0.4 is 19.1 Å². The van der Waals surface area contributed by atoms with Crippen LogP contribution >= 0.6 is 0 Å². The Morgan fingerprint density at radius 2 is 1.61 bits per heavy atom. The molecule has 1 fully saturated rings. The minimum Gasteiger partial charge on any atom is -0.493 e. The van der Waals surface area contributed by atoms with E-state index in [1.165, 1.54) is 5.56 Å². The van der Waals surface area contributed by atoms with E-state index in [0.29, 0.717) is 41.6 Å². The van der Waals surface area contributed by atoms with Crippen LogP contribution in [0.1, 0.15) is 39.5 Å². The van der Waals surface area contributed by atoms with Crippen molar-refractivity contribution >= 4 is 11.7 Å². The van der Waals surface area contributed by atoms with Crippen molar-refractivity contribution in [2.75, 3.05) is 52.4 Å². The minimum atomic E-state index is -0.0239. The molecule has 0 bridgehead atoms. The standard InChI is InChI=1S/C28H32N4O4/c1-34-25-15-21(16-26(35-2)27(25)36-3)20-13-23-22(24(33)14-20)17-29-28(30-23)32-11-9-31(10-12-32)18-19-7-5-4-6-8-19/h4-8,15-17,20H,9-14,18H2,1-3H3/t20-/m0/s1. The SMILES string of the molecule is COc1cc([C@@H]2CC(=O)c3cnc(N4CCN(Cc5ccccc5)CC4)nc3C2)cc(OC)c1OC. The topological polar surface area (TPSA) is 77.0 Å². The molecule has 2 heterocycles. The maximum Gasteiger partial charge on any atom is 0.225 e. The summed E-state index contributed by atoms with van der Waals surface area (Å²) >= 11 is 0. The Morgan fingerprint density at radius 3 is 2.25 bits per heavy atom. The van der Waals surface area contributed by atoms with Crippen LogP contribution in [-0.2, 0) is 13.0 Å². The highest BCUT2D eigenvalue weighted by atomic mass is 16.5. The highest BCUT2D eigenvalue weighted by Gasteiger charge is 2.30. The molecule has 0 spiro atoms. The first-order valence-corrected chi connectivity index (χ1v) is 12.3. The summed E-state index contributed by atoms with van der Waals surface area (Å²) in [6.45, 7) is 4.56. The third-order valence-electron chi connectivity index (χ3n) is 7.09. The van der Waals surface area contributed by atoms with Gasteiger partial charge in [0.15, 0.2) is 17.3 Å². The summed E-state index contributed by atoms with van der Waals surface area (Å²) < 4.78 is 16.5. The largest absolute Gasteiger partial charge is 0.493 e. The van der Waals surface area contributed by atoms with E-state index in [4.69, 9.17) is 19.2 Å². The average Bonchev–Trinajstić information content (AvgIpc) is 2.92. The third-order valence-corrected chi connectivity index (χ3v) is 7.09. The monoisotopic (exact) mass is 488 g/mol. The molecule has 1 aliphatic heterocycles. The molecule has 8 nitrogen and oxygen atoms in total. The predicted molar refractivity (Wildman–Crippen MR) is 137 cm³/mol. The number of carbonyl (C=O) groups is 1. The second kappa shape index (κ2) is 10.5. The molecule has 0 unspecified atom stereocenters. The molecule has 0 amide bonds. The summed E-state index contributed by atoms with van der Waals surface area (Å²) in [7, 11) is 4.78. The number of hydrogen-bond donors (Lipinski definition) is 0. The maximum absolute atomic E-state index is 13.0. The molecule has 5 rings (SSSR count). The van der Waals surface area contributed by atoms with Crippen LogP contribution in [0.4, 0.5) is 5.95 Å². The number of rotatable bonds is 7. The van der Waals surface area contributed by atoms with E-state index in [-0.39, 0.29) is 11.7 Å². The molecule has 2 aliphatic rings. The molecular weight excluding hydrogens is 456 g/mol. The van der Waals surface area contributed by atoms with Gasteiger partial charge in [-0.15, -0.1) is 0 Å². The second-order valence-corrected chi connectivity index (χ2v) is 9.27. The van der Waals surface area contributed by atoms with Gasteiger partial charge < -0.3 is 19.1 Å². The molecule has 1 aromatic heterocycles. The van der Waals surface area contributed by atoms with Gasteiger partial charge in [0.1, 0.15) is 0 Å². The highest BCUT2D eigenvalue weighted by molar-refractivity contribution is 5.98. The van der Waals surface area contributed by atoms with Crippen molar-refractivity contribution in [1.82, 2.24) is 14.9 Å². The molecule has 2 aromatic carbocycles. The highest BCUT2D eigenvalue weighted by Crippen LogP contribution is 2.42. The fourth-order valence-corrected chi connectivity index (χ4v) is 5.11. The molecule has 3 aromatic rings. The first-order valence-electron chi connectivity index (χ1n) is 12.3. The third kappa shape index (κ3) is 4.86. The number of fused-ring (bicyclic) bond motifs is 1. The molecule has 0 saturated carbocycles. The van der Waals surface area contributed by atoms with E-state index in [0.717, 1.165) is 44.0 Å². The van der Waals surface area contributed by atoms with Crippen molar-refractivity contribution in [3.05, 3.63) is 71.0 Å². The predicted octanol–water partition coefficient (Wildman–Crippen LogP) is 3.74. The van der Waals surface area contributed by atoms with Crippen molar-refractivity contribution in [2.24, 2.45) is 0 Å². The zero-order valence-electron chi connectivity index (χ0n) is 21.1. The molecule has 1 aliphatic carbocycles. The van der Waals surface area contributed by atoms with E-state index in [1.54, 1.807) is 27.5 Å². The van der Waals surface area contributed by atoms with Gasteiger partial charge >= 0.3 is 0 Å². The van der Waals surface area contributed by atoms with E-state index >= 15 is 0 Å². The molecular formula is C28H32N4O4. The second-order valence-electron chi connectivity index (χ2n) is 9.27. The lowest BCUT2D eigenvalue weighted by Crippen LogP contribution is -2.46. The van der Waals surface area contributed by atoms with E-state index in [2.05, 4.69) is 39.0 Å². The number of hydrogen-bond acceptors (Lipinski definition) is 8. The van der Waals surface area contributed by atoms with Gasteiger partial charge in [-0.2, -0.15) is 0 Å². The smallest absolute Gasteiger partial charge is 0.225 e. The number of ketones is 1. The number of nitrogens with zero attached hydrogens (tertiary/aromatic N) is 4. The normalized spacial score (nSPS) is 18.0. The first-order chi connectivity index (χ1) is 17.6. The number of anilines is 1. The van der Waals surface area contributed by atoms with E-state index in [1.807, 2.05) is 18.2 Å². The number of piperazine rings is 1. The first kappa shape index (κ1) is 24.1. The Hall–Kier alpha value is -3.65. The van der Waals surface area contributed by atoms with Crippen LogP contribution in [0.2, 0.25) is 0 Å². The van der Waals surface area contributed by atoms with Crippen LogP contribution in [0.3, 0.4) is 0 Å². The lowest BCUT2D eigenvalue weighted by Gasteiger charge is -2.35. The van der Waals surface area contributed by atoms with E-state index in [9.17, 15) is 4.79 Å². The number of carbonyl (C=O) groups excluding carboxylic acids is 1. The lowest BCUT2D eigenvalue weighted by atomic mass is 9.82. The van der Waals surface area contributed by atoms with Crippen molar-refractivity contribution in [1.29, 1.82) is 0 Å². The van der Waals surface area contributed by atoms with Crippen LogP contribution in [0, 0.1) is 0 Å². The number of methoxy groups -OCH3 is 3. The summed E-state index contributed by atoms with van der Waals surface area (Å²) in [6, 6.07) is 14.4. The molecule has 0 radical (unpaired) electrons. The summed E-state index contributed by atoms with van der Waals surface area (Å²) in [4.78, 5) is 27.1. The van der Waals surface area contributed by atoms with Gasteiger partial charge in [-0.25, -0.2) is 9.97 Å². The molecule has 0 N–H and O–H groups in total. The van der Waals surface area contributed by atoms with Crippen LogP contribution in [0.5, 0.6) is 17.2 Å². The Balaban J connectivity index is 1.32. The van der Waals surface area contributed by atoms with Crippen molar-refractivity contribution in [3.63, 3.8) is 0 Å². The number of Topliss-reactive ketones (excluding diaryl/α,β-unsaturated/α-hetero) is 1. The Kier molecular flexibility index (Phi) is 7.04. The van der Waals surface area contributed by atoms with Gasteiger partial charge in [0.05, 0.1) is 32.6 Å². The quantitative estimate of drug-likeness (QED) is 0.498. The van der Waals surface area contributed by atoms with Gasteiger partial charge in [0.2, 0.25) is 11.7 Å². The lowest BCUT2D eigenvalue weighted by molar-refractivity contribution is 0.0962. The van der Waals surface area contributed by atoms with Gasteiger partial charge in [0, 0.05) is 45.3 Å². The minimum absolute atomic E-state index is 0.0239. The van der Waals surface area contributed by atoms with Crippen LogP contribution in [-0.4, -0.2) is 68.2 Å². The van der Waals surface area contributed by atoms with Gasteiger partial charge in [-0.05, 0) is 35.6 Å². The van der Waals surface area contributed by atoms with Crippen molar-refractivity contribution in [3.8, 4) is 17.2 Å². The number of aromatic nitrogens is 2. The fraction of sp³-hybridized carbons (Fsp3) is 0.393. The maximum atomic E-state index is 13.0.